The second-order valence-corrected chi connectivity index (χ2v) is 13.8. The second kappa shape index (κ2) is 15.9. The molecular formula is C34H23N9O6S3. The van der Waals surface area contributed by atoms with Gasteiger partial charge in [-0.2, -0.15) is 18.9 Å². The smallest absolute Gasteiger partial charge is 0.295 e. The van der Waals surface area contributed by atoms with E-state index in [1.54, 1.807) is 25.1 Å². The van der Waals surface area contributed by atoms with Crippen molar-refractivity contribution >= 4 is 88.7 Å². The summed E-state index contributed by atoms with van der Waals surface area (Å²) in [7, 11) is -4.67. The molecule has 0 aliphatic rings. The minimum Gasteiger partial charge on any atom is -0.339 e. The fourth-order valence-electron chi connectivity index (χ4n) is 4.89. The van der Waals surface area contributed by atoms with Gasteiger partial charge in [-0.15, -0.1) is 24.8 Å². The molecule has 0 aliphatic heterocycles. The van der Waals surface area contributed by atoms with Crippen molar-refractivity contribution in [3.05, 3.63) is 114 Å². The lowest BCUT2D eigenvalue weighted by Gasteiger charge is -2.15. The number of nitrogens with one attached hydrogen (secondary N) is 2. The number of para-hydroxylation sites is 2. The van der Waals surface area contributed by atoms with Crippen molar-refractivity contribution in [2.45, 2.75) is 16.7 Å². The van der Waals surface area contributed by atoms with Gasteiger partial charge in [-0.3, -0.25) is 4.55 Å². The molecule has 0 unspecified atom stereocenters. The highest BCUT2D eigenvalue weighted by atomic mass is 32.2. The Balaban J connectivity index is 1.34. The molecule has 15 nitrogen and oxygen atoms in total. The number of nitriles is 2. The number of benzene rings is 4. The van der Waals surface area contributed by atoms with E-state index in [1.807, 2.05) is 60.7 Å². The Morgan fingerprint density at radius 2 is 1.54 bits per heavy atom. The van der Waals surface area contributed by atoms with Gasteiger partial charge >= 0.3 is 0 Å². The number of azo groups is 2. The van der Waals surface area contributed by atoms with E-state index in [9.17, 15) is 23.5 Å². The molecule has 0 amide bonds. The van der Waals surface area contributed by atoms with E-state index < -0.39 is 15.0 Å². The molecule has 0 spiro atoms. The third-order valence-electron chi connectivity index (χ3n) is 7.24. The molecular weight excluding hydrogens is 727 g/mol. The third kappa shape index (κ3) is 8.26. The molecule has 0 bridgehead atoms. The largest absolute Gasteiger partial charge is 0.339 e. The Morgan fingerprint density at radius 1 is 0.846 bits per heavy atom. The van der Waals surface area contributed by atoms with Gasteiger partial charge in [-0.25, -0.2) is 10.2 Å². The van der Waals surface area contributed by atoms with Gasteiger partial charge in [0.1, 0.15) is 27.7 Å². The van der Waals surface area contributed by atoms with Crippen LogP contribution >= 0.6 is 23.4 Å². The maximum atomic E-state index is 12.2. The first-order valence-corrected chi connectivity index (χ1v) is 17.8. The predicted octanol–water partition coefficient (Wildman–Crippen LogP) is 10.3. The first-order chi connectivity index (χ1) is 25.2. The molecule has 0 saturated carbocycles. The van der Waals surface area contributed by atoms with Crippen LogP contribution in [0.1, 0.15) is 16.7 Å². The van der Waals surface area contributed by atoms with Crippen LogP contribution in [0.4, 0.5) is 44.4 Å². The van der Waals surface area contributed by atoms with Crippen molar-refractivity contribution in [3.8, 4) is 12.1 Å². The lowest BCUT2D eigenvalue weighted by atomic mass is 10.1. The van der Waals surface area contributed by atoms with Crippen LogP contribution in [0.3, 0.4) is 0 Å². The van der Waals surface area contributed by atoms with Crippen LogP contribution in [0, 0.1) is 29.6 Å². The number of pyridine rings is 1. The normalized spacial score (nSPS) is 11.6. The SMILES string of the molecule is Cc1c(C#N)c(Nc2ccccc2)nc(Nc2ccccc2)c1N=Nc1sc(N=Nc2ccc3cc(SOOO)cc(S(=O)(=O)O)c3c2)cc1C#N. The topological polar surface area (TPSA) is 227 Å². The van der Waals surface area contributed by atoms with E-state index in [-0.39, 0.29) is 37.8 Å². The number of aromatic nitrogens is 1. The molecule has 6 aromatic rings. The molecule has 2 heterocycles. The van der Waals surface area contributed by atoms with Crippen molar-refractivity contribution in [2.75, 3.05) is 10.6 Å². The zero-order valence-electron chi connectivity index (χ0n) is 26.6. The molecule has 0 fully saturated rings. The third-order valence-corrected chi connectivity index (χ3v) is 9.59. The Kier molecular flexibility index (Phi) is 10.9. The minimum atomic E-state index is -4.67. The Labute approximate surface area is 304 Å². The van der Waals surface area contributed by atoms with Crippen LogP contribution < -0.4 is 10.6 Å². The molecule has 0 atom stereocenters. The summed E-state index contributed by atoms with van der Waals surface area (Å²) in [6.07, 6.45) is 0. The van der Waals surface area contributed by atoms with Crippen LogP contribution in [-0.2, 0) is 19.5 Å². The van der Waals surface area contributed by atoms with E-state index in [0.29, 0.717) is 39.6 Å². The van der Waals surface area contributed by atoms with Gasteiger partial charge in [-0.05, 0) is 66.9 Å². The number of fused-ring (bicyclic) bond motifs is 1. The van der Waals surface area contributed by atoms with Gasteiger partial charge < -0.3 is 10.6 Å². The average molecular weight is 750 g/mol. The number of anilines is 4. The maximum absolute atomic E-state index is 12.2. The summed E-state index contributed by atoms with van der Waals surface area (Å²) >= 11 is 1.56. The van der Waals surface area contributed by atoms with Crippen LogP contribution in [-0.4, -0.2) is 23.2 Å². The lowest BCUT2D eigenvalue weighted by Crippen LogP contribution is -2.04. The number of hydrogen-bond donors (Lipinski definition) is 4. The zero-order chi connectivity index (χ0) is 36.7. The fraction of sp³-hybridized carbons (Fsp3) is 0.0294. The highest BCUT2D eigenvalue weighted by Crippen LogP contribution is 2.41. The van der Waals surface area contributed by atoms with E-state index in [0.717, 1.165) is 28.8 Å². The summed E-state index contributed by atoms with van der Waals surface area (Å²) in [6.45, 7) is 1.73. The number of nitrogens with zero attached hydrogens (tertiary/aromatic N) is 7. The summed E-state index contributed by atoms with van der Waals surface area (Å²) in [5.74, 6) is 0.641. The van der Waals surface area contributed by atoms with Crippen molar-refractivity contribution < 1.29 is 27.6 Å². The molecule has 0 aliphatic carbocycles. The molecule has 4 aromatic carbocycles. The first kappa shape index (κ1) is 35.7. The van der Waals surface area contributed by atoms with E-state index >= 15 is 0 Å². The van der Waals surface area contributed by atoms with Gasteiger partial charge in [0.25, 0.3) is 10.1 Å². The van der Waals surface area contributed by atoms with Gasteiger partial charge in [0, 0.05) is 27.2 Å². The summed E-state index contributed by atoms with van der Waals surface area (Å²) in [6, 6.07) is 31.6. The van der Waals surface area contributed by atoms with Crippen molar-refractivity contribution in [1.29, 1.82) is 10.5 Å². The lowest BCUT2D eigenvalue weighted by molar-refractivity contribution is -0.432. The van der Waals surface area contributed by atoms with Crippen LogP contribution in [0.25, 0.3) is 10.8 Å². The van der Waals surface area contributed by atoms with Crippen molar-refractivity contribution in [2.24, 2.45) is 20.5 Å². The number of rotatable bonds is 12. The molecule has 0 saturated heterocycles. The van der Waals surface area contributed by atoms with Gasteiger partial charge in [0.2, 0.25) is 0 Å². The monoisotopic (exact) mass is 749 g/mol. The minimum absolute atomic E-state index is 0.150. The number of hydrogen-bond acceptors (Lipinski definition) is 16. The molecule has 4 N–H and O–H groups in total. The Morgan fingerprint density at radius 3 is 2.17 bits per heavy atom. The summed E-state index contributed by atoms with van der Waals surface area (Å²) < 4.78 is 38.6. The summed E-state index contributed by atoms with van der Waals surface area (Å²) in [5, 5.41) is 56.8. The van der Waals surface area contributed by atoms with Crippen molar-refractivity contribution in [1.82, 2.24) is 4.98 Å². The van der Waals surface area contributed by atoms with Crippen LogP contribution in [0.5, 0.6) is 0 Å². The summed E-state index contributed by atoms with van der Waals surface area (Å²) in [4.78, 5) is 4.51. The average Bonchev–Trinajstić information content (AvgIpc) is 3.55. The maximum Gasteiger partial charge on any atom is 0.295 e. The van der Waals surface area contributed by atoms with E-state index in [2.05, 4.69) is 52.6 Å². The zero-order valence-corrected chi connectivity index (χ0v) is 29.1. The molecule has 258 valence electrons. The predicted molar refractivity (Wildman–Crippen MR) is 195 cm³/mol. The Bertz CT molecular complexity index is 2530. The number of thiophene rings is 1. The van der Waals surface area contributed by atoms with Gasteiger partial charge in [0.15, 0.2) is 16.6 Å². The Hall–Kier alpha value is -6.09. The molecule has 0 radical (unpaired) electrons. The first-order valence-electron chi connectivity index (χ1n) is 14.8. The van der Waals surface area contributed by atoms with Gasteiger partial charge in [-0.1, -0.05) is 58.8 Å². The fourth-order valence-corrected chi connectivity index (χ4v) is 6.89. The van der Waals surface area contributed by atoms with E-state index in [4.69, 9.17) is 10.2 Å². The van der Waals surface area contributed by atoms with E-state index in [1.165, 1.54) is 12.1 Å². The van der Waals surface area contributed by atoms with Crippen LogP contribution in [0.2, 0.25) is 0 Å². The highest BCUT2D eigenvalue weighted by Gasteiger charge is 2.20. The molecule has 2 aromatic heterocycles. The van der Waals surface area contributed by atoms with Gasteiger partial charge in [0.05, 0.1) is 28.9 Å². The highest BCUT2D eigenvalue weighted by molar-refractivity contribution is 7.94. The standard InChI is InChI=1S/C34H23N9O6S3/c1-20-28(19-36)32(37-23-8-4-2-5-9-23)39-33(38-24-10-6-3-7-11-24)31(20)42-43-34-22(18-35)15-30(50-34)41-40-25-13-12-21-14-26(51-49-48-44)17-29(27(21)16-25)52(45,46)47/h2-17,44H,1H3,(H2,37,38,39)(H,45,46,47). The quantitative estimate of drug-likeness (QED) is 0.0301. The second-order valence-electron chi connectivity index (χ2n) is 10.6. The van der Waals surface area contributed by atoms with Crippen molar-refractivity contribution in [3.63, 3.8) is 0 Å². The van der Waals surface area contributed by atoms with Crippen LogP contribution in [0.15, 0.2) is 127 Å². The molecule has 52 heavy (non-hydrogen) atoms. The summed E-state index contributed by atoms with van der Waals surface area (Å²) in [5.41, 5.74) is 2.90. The molecule has 6 rings (SSSR count). The molecule has 18 heteroatoms.